The quantitative estimate of drug-likeness (QED) is 0.728. The van der Waals surface area contributed by atoms with Crippen molar-refractivity contribution in [2.45, 2.75) is 6.92 Å². The minimum Gasteiger partial charge on any atom is -0.508 e. The Balaban J connectivity index is 2.22. The molecule has 2 aromatic carbocycles. The second-order valence-electron chi connectivity index (χ2n) is 4.58. The lowest BCUT2D eigenvalue weighted by atomic mass is 10.0. The first-order valence-corrected chi connectivity index (χ1v) is 6.15. The maximum Gasteiger partial charge on any atom is 0.118 e. The van der Waals surface area contributed by atoms with Gasteiger partial charge in [0.15, 0.2) is 0 Å². The van der Waals surface area contributed by atoms with Crippen LogP contribution in [-0.4, -0.2) is 17.2 Å². The summed E-state index contributed by atoms with van der Waals surface area (Å²) in [5.74, 6) is 1.12. The second kappa shape index (κ2) is 4.35. The zero-order chi connectivity index (χ0) is 13.4. The Morgan fingerprint density at radius 3 is 2.47 bits per heavy atom. The van der Waals surface area contributed by atoms with Crippen molar-refractivity contribution in [3.8, 4) is 22.6 Å². The zero-order valence-electron chi connectivity index (χ0n) is 10.9. The van der Waals surface area contributed by atoms with Crippen molar-refractivity contribution < 1.29 is 9.84 Å². The van der Waals surface area contributed by atoms with Crippen molar-refractivity contribution >= 4 is 10.9 Å². The first-order valence-electron chi connectivity index (χ1n) is 6.15. The van der Waals surface area contributed by atoms with Gasteiger partial charge in [-0.25, -0.2) is 0 Å². The average Bonchev–Trinajstić information content (AvgIpc) is 2.74. The van der Waals surface area contributed by atoms with E-state index in [1.807, 2.05) is 37.3 Å². The molecule has 0 aliphatic carbocycles. The standard InChI is InChI=1S/C16H15NO2/c1-10-16(11-3-6-13(19-2)7-4-11)14-9-12(18)5-8-15(14)17-10/h3-9,17-18H,1-2H3. The number of benzene rings is 2. The summed E-state index contributed by atoms with van der Waals surface area (Å²) in [5.41, 5.74) is 4.34. The van der Waals surface area contributed by atoms with Gasteiger partial charge in [-0.15, -0.1) is 0 Å². The van der Waals surface area contributed by atoms with Crippen LogP contribution in [0.15, 0.2) is 42.5 Å². The summed E-state index contributed by atoms with van der Waals surface area (Å²) in [6.45, 7) is 2.04. The molecule has 1 heterocycles. The maximum atomic E-state index is 9.66. The lowest BCUT2D eigenvalue weighted by Gasteiger charge is -2.04. The highest BCUT2D eigenvalue weighted by Gasteiger charge is 2.11. The maximum absolute atomic E-state index is 9.66. The fourth-order valence-electron chi connectivity index (χ4n) is 2.44. The molecular formula is C16H15NO2. The van der Waals surface area contributed by atoms with Gasteiger partial charge in [-0.2, -0.15) is 0 Å². The van der Waals surface area contributed by atoms with Crippen molar-refractivity contribution in [1.29, 1.82) is 0 Å². The van der Waals surface area contributed by atoms with E-state index in [0.29, 0.717) is 0 Å². The molecule has 96 valence electrons. The molecule has 3 nitrogen and oxygen atoms in total. The molecule has 0 aliphatic rings. The van der Waals surface area contributed by atoms with Crippen LogP contribution >= 0.6 is 0 Å². The summed E-state index contributed by atoms with van der Waals surface area (Å²) < 4.78 is 5.18. The highest BCUT2D eigenvalue weighted by Crippen LogP contribution is 2.34. The van der Waals surface area contributed by atoms with E-state index in [9.17, 15) is 5.11 Å². The molecule has 0 spiro atoms. The molecule has 0 saturated heterocycles. The van der Waals surface area contributed by atoms with Gasteiger partial charge >= 0.3 is 0 Å². The number of hydrogen-bond donors (Lipinski definition) is 2. The number of H-pyrrole nitrogens is 1. The van der Waals surface area contributed by atoms with E-state index in [4.69, 9.17) is 4.74 Å². The minimum absolute atomic E-state index is 0.279. The first-order chi connectivity index (χ1) is 9.19. The van der Waals surface area contributed by atoms with Crippen LogP contribution in [0, 0.1) is 6.92 Å². The Morgan fingerprint density at radius 1 is 1.05 bits per heavy atom. The van der Waals surface area contributed by atoms with Crippen LogP contribution in [0.25, 0.3) is 22.0 Å². The van der Waals surface area contributed by atoms with Crippen molar-refractivity contribution in [2.24, 2.45) is 0 Å². The molecule has 0 bridgehead atoms. The van der Waals surface area contributed by atoms with E-state index in [2.05, 4.69) is 4.98 Å². The summed E-state index contributed by atoms with van der Waals surface area (Å²) in [5, 5.41) is 10.7. The highest BCUT2D eigenvalue weighted by molar-refractivity contribution is 5.98. The van der Waals surface area contributed by atoms with Gasteiger partial charge < -0.3 is 14.8 Å². The second-order valence-corrected chi connectivity index (χ2v) is 4.58. The number of rotatable bonds is 2. The Bertz CT molecular complexity index is 726. The number of hydrogen-bond acceptors (Lipinski definition) is 2. The summed E-state index contributed by atoms with van der Waals surface area (Å²) in [6.07, 6.45) is 0. The van der Waals surface area contributed by atoms with E-state index < -0.39 is 0 Å². The third kappa shape index (κ3) is 1.93. The van der Waals surface area contributed by atoms with Crippen molar-refractivity contribution in [2.75, 3.05) is 7.11 Å². The molecule has 19 heavy (non-hydrogen) atoms. The molecule has 0 atom stereocenters. The van der Waals surface area contributed by atoms with E-state index in [1.165, 1.54) is 0 Å². The lowest BCUT2D eigenvalue weighted by Crippen LogP contribution is -1.83. The largest absolute Gasteiger partial charge is 0.508 e. The number of aromatic nitrogens is 1. The molecule has 1 aromatic heterocycles. The molecule has 0 fully saturated rings. The number of fused-ring (bicyclic) bond motifs is 1. The Kier molecular flexibility index (Phi) is 2.67. The predicted octanol–water partition coefficient (Wildman–Crippen LogP) is 3.86. The van der Waals surface area contributed by atoms with Gasteiger partial charge in [0.25, 0.3) is 0 Å². The minimum atomic E-state index is 0.279. The monoisotopic (exact) mass is 253 g/mol. The van der Waals surface area contributed by atoms with Gasteiger partial charge in [0, 0.05) is 22.2 Å². The van der Waals surface area contributed by atoms with E-state index in [1.54, 1.807) is 19.2 Å². The smallest absolute Gasteiger partial charge is 0.118 e. The molecule has 0 amide bonds. The van der Waals surface area contributed by atoms with Gasteiger partial charge in [-0.3, -0.25) is 0 Å². The van der Waals surface area contributed by atoms with Crippen molar-refractivity contribution in [3.63, 3.8) is 0 Å². The van der Waals surface area contributed by atoms with E-state index in [0.717, 1.165) is 33.5 Å². The van der Waals surface area contributed by atoms with Crippen molar-refractivity contribution in [3.05, 3.63) is 48.2 Å². The molecule has 0 unspecified atom stereocenters. The van der Waals surface area contributed by atoms with Gasteiger partial charge in [-0.1, -0.05) is 12.1 Å². The average molecular weight is 253 g/mol. The number of aromatic hydroxyl groups is 1. The van der Waals surface area contributed by atoms with Gasteiger partial charge in [0.05, 0.1) is 7.11 Å². The molecule has 3 aromatic rings. The van der Waals surface area contributed by atoms with Gasteiger partial charge in [-0.05, 0) is 42.8 Å². The zero-order valence-corrected chi connectivity index (χ0v) is 10.9. The van der Waals surface area contributed by atoms with Crippen LogP contribution in [0.5, 0.6) is 11.5 Å². The summed E-state index contributed by atoms with van der Waals surface area (Å²) >= 11 is 0. The topological polar surface area (TPSA) is 45.2 Å². The van der Waals surface area contributed by atoms with E-state index >= 15 is 0 Å². The number of phenols is 1. The molecule has 0 radical (unpaired) electrons. The van der Waals surface area contributed by atoms with E-state index in [-0.39, 0.29) is 5.75 Å². The van der Waals surface area contributed by atoms with Crippen LogP contribution in [0.3, 0.4) is 0 Å². The number of nitrogens with one attached hydrogen (secondary N) is 1. The summed E-state index contributed by atoms with van der Waals surface area (Å²) in [4.78, 5) is 3.34. The number of methoxy groups -OCH3 is 1. The van der Waals surface area contributed by atoms with Crippen LogP contribution in [0.2, 0.25) is 0 Å². The number of ether oxygens (including phenoxy) is 1. The van der Waals surface area contributed by atoms with Crippen LogP contribution in [0.4, 0.5) is 0 Å². The molecule has 3 rings (SSSR count). The summed E-state index contributed by atoms with van der Waals surface area (Å²) in [6, 6.07) is 13.3. The van der Waals surface area contributed by atoms with Crippen LogP contribution < -0.4 is 4.74 Å². The van der Waals surface area contributed by atoms with Gasteiger partial charge in [0.1, 0.15) is 11.5 Å². The third-order valence-electron chi connectivity index (χ3n) is 3.35. The Hall–Kier alpha value is -2.42. The van der Waals surface area contributed by atoms with Crippen LogP contribution in [0.1, 0.15) is 5.69 Å². The first kappa shape index (κ1) is 11.7. The Morgan fingerprint density at radius 2 is 1.79 bits per heavy atom. The lowest BCUT2D eigenvalue weighted by molar-refractivity contribution is 0.415. The number of aromatic amines is 1. The fourth-order valence-corrected chi connectivity index (χ4v) is 2.44. The molecule has 0 saturated carbocycles. The fraction of sp³-hybridized carbons (Fsp3) is 0.125. The molecule has 0 aliphatic heterocycles. The predicted molar refractivity (Wildman–Crippen MR) is 76.7 cm³/mol. The van der Waals surface area contributed by atoms with Gasteiger partial charge in [0.2, 0.25) is 0 Å². The number of aryl methyl sites for hydroxylation is 1. The molecular weight excluding hydrogens is 238 g/mol. The van der Waals surface area contributed by atoms with Crippen molar-refractivity contribution in [1.82, 2.24) is 4.98 Å². The molecule has 3 heteroatoms. The Labute approximate surface area is 111 Å². The number of phenolic OH excluding ortho intramolecular Hbond substituents is 1. The SMILES string of the molecule is COc1ccc(-c2c(C)[nH]c3ccc(O)cc23)cc1. The molecule has 2 N–H and O–H groups in total. The van der Waals surface area contributed by atoms with Crippen LogP contribution in [-0.2, 0) is 0 Å². The highest BCUT2D eigenvalue weighted by atomic mass is 16.5. The summed E-state index contributed by atoms with van der Waals surface area (Å²) in [7, 11) is 1.66. The normalized spacial score (nSPS) is 10.8. The third-order valence-corrected chi connectivity index (χ3v) is 3.35.